The number of aliphatic imine (C=N–C) groups is 1. The highest BCUT2D eigenvalue weighted by Gasteiger charge is 2.19. The van der Waals surface area contributed by atoms with Gasteiger partial charge in [-0.15, -0.1) is 0 Å². The Hall–Kier alpha value is -2.73. The van der Waals surface area contributed by atoms with Crippen molar-refractivity contribution in [1.29, 1.82) is 0 Å². The van der Waals surface area contributed by atoms with Gasteiger partial charge in [0.25, 0.3) is 0 Å². The van der Waals surface area contributed by atoms with Gasteiger partial charge in [0.2, 0.25) is 5.88 Å². The van der Waals surface area contributed by atoms with Gasteiger partial charge in [0, 0.05) is 19.2 Å². The molecule has 1 aromatic heterocycles. The molecule has 0 radical (unpaired) electrons. The van der Waals surface area contributed by atoms with Crippen molar-refractivity contribution in [2.75, 3.05) is 25.1 Å². The number of hydrogen-bond donors (Lipinski definition) is 0. The van der Waals surface area contributed by atoms with E-state index in [1.165, 1.54) is 12.8 Å². The van der Waals surface area contributed by atoms with Crippen molar-refractivity contribution in [3.05, 3.63) is 64.8 Å². The van der Waals surface area contributed by atoms with Crippen molar-refractivity contribution in [3.8, 4) is 17.2 Å². The Bertz CT molecular complexity index is 943. The number of halogens is 1. The van der Waals surface area contributed by atoms with E-state index in [0.29, 0.717) is 0 Å². The highest BCUT2D eigenvalue weighted by molar-refractivity contribution is 9.10. The topological polar surface area (TPSA) is 47.2 Å². The number of benzene rings is 2. The van der Waals surface area contributed by atoms with Crippen LogP contribution in [0.4, 0.5) is 11.6 Å². The van der Waals surface area contributed by atoms with Crippen molar-refractivity contribution in [2.45, 2.75) is 12.8 Å². The fourth-order valence-electron chi connectivity index (χ4n) is 3.09. The average Bonchev–Trinajstić information content (AvgIpc) is 3.37. The fourth-order valence-corrected chi connectivity index (χ4v) is 3.65. The van der Waals surface area contributed by atoms with E-state index >= 15 is 0 Å². The summed E-state index contributed by atoms with van der Waals surface area (Å²) in [6, 6.07) is 17.0. The van der Waals surface area contributed by atoms with Crippen LogP contribution in [0.25, 0.3) is 0 Å². The first kappa shape index (κ1) is 18.6. The molecule has 1 fully saturated rings. The zero-order valence-corrected chi connectivity index (χ0v) is 17.2. The number of rotatable bonds is 6. The molecule has 1 aliphatic rings. The van der Waals surface area contributed by atoms with Gasteiger partial charge in [-0.1, -0.05) is 0 Å². The largest absolute Gasteiger partial charge is 0.497 e. The van der Waals surface area contributed by atoms with Gasteiger partial charge in [-0.05, 0) is 77.3 Å². The molecule has 0 atom stereocenters. The summed E-state index contributed by atoms with van der Waals surface area (Å²) in [5.41, 5.74) is 0.831. The van der Waals surface area contributed by atoms with Gasteiger partial charge in [-0.25, -0.2) is 0 Å². The summed E-state index contributed by atoms with van der Waals surface area (Å²) in [6.45, 7) is 2.08. The van der Waals surface area contributed by atoms with E-state index < -0.39 is 0 Å². The Kier molecular flexibility index (Phi) is 5.67. The fraction of sp³-hybridized carbons (Fsp3) is 0.227. The molecular formula is C22H21BrN2O3. The van der Waals surface area contributed by atoms with Crippen LogP contribution in [0.15, 0.2) is 68.5 Å². The molecule has 5 nitrogen and oxygen atoms in total. The first-order chi connectivity index (χ1) is 13.7. The quantitative estimate of drug-likeness (QED) is 0.428. The summed E-state index contributed by atoms with van der Waals surface area (Å²) in [6.07, 6.45) is 4.16. The minimum absolute atomic E-state index is 0.729. The maximum atomic E-state index is 5.94. The smallest absolute Gasteiger partial charge is 0.210 e. The third kappa shape index (κ3) is 4.39. The lowest BCUT2D eigenvalue weighted by molar-refractivity contribution is 0.413. The zero-order valence-electron chi connectivity index (χ0n) is 15.6. The van der Waals surface area contributed by atoms with Gasteiger partial charge in [-0.2, -0.15) is 0 Å². The van der Waals surface area contributed by atoms with E-state index in [9.17, 15) is 0 Å². The van der Waals surface area contributed by atoms with Gasteiger partial charge in [-0.3, -0.25) is 4.99 Å². The lowest BCUT2D eigenvalue weighted by Gasteiger charge is -2.13. The predicted octanol–water partition coefficient (Wildman–Crippen LogP) is 6.19. The summed E-state index contributed by atoms with van der Waals surface area (Å²) in [4.78, 5) is 6.75. The van der Waals surface area contributed by atoms with Gasteiger partial charge in [0.05, 0.1) is 23.5 Å². The van der Waals surface area contributed by atoms with E-state index in [-0.39, 0.29) is 0 Å². The molecular weight excluding hydrogens is 420 g/mol. The lowest BCUT2D eigenvalue weighted by Crippen LogP contribution is -2.17. The number of hydrogen-bond acceptors (Lipinski definition) is 5. The van der Waals surface area contributed by atoms with Crippen LogP contribution in [0.2, 0.25) is 0 Å². The van der Waals surface area contributed by atoms with Gasteiger partial charge in [0.15, 0.2) is 0 Å². The molecule has 6 heteroatoms. The molecule has 2 aromatic carbocycles. The standard InChI is InChI=1S/C22H21BrN2O3/c1-26-17-8-10-19(11-9-17)27-18-6-4-16(5-7-18)24-15-20-14-21(23)22(28-20)25-12-2-3-13-25/h4-11,14-15H,2-3,12-13H2,1H3. The Labute approximate surface area is 172 Å². The molecule has 0 aliphatic carbocycles. The highest BCUT2D eigenvalue weighted by Crippen LogP contribution is 2.32. The molecule has 1 aliphatic heterocycles. The van der Waals surface area contributed by atoms with E-state index in [4.69, 9.17) is 13.9 Å². The van der Waals surface area contributed by atoms with Crippen molar-refractivity contribution in [2.24, 2.45) is 4.99 Å². The molecule has 2 heterocycles. The van der Waals surface area contributed by atoms with E-state index in [2.05, 4.69) is 25.8 Å². The molecule has 0 unspecified atom stereocenters. The molecule has 4 rings (SSSR count). The molecule has 1 saturated heterocycles. The third-order valence-electron chi connectivity index (χ3n) is 4.55. The second-order valence-electron chi connectivity index (χ2n) is 6.53. The molecule has 0 bridgehead atoms. The first-order valence-electron chi connectivity index (χ1n) is 9.21. The number of anilines is 1. The van der Waals surface area contributed by atoms with Crippen molar-refractivity contribution in [1.82, 2.24) is 0 Å². The maximum absolute atomic E-state index is 5.94. The molecule has 0 saturated carbocycles. The maximum Gasteiger partial charge on any atom is 0.210 e. The molecule has 0 amide bonds. The normalized spacial score (nSPS) is 14.0. The second kappa shape index (κ2) is 8.52. The van der Waals surface area contributed by atoms with Gasteiger partial charge >= 0.3 is 0 Å². The Morgan fingerprint density at radius 1 is 0.964 bits per heavy atom. The lowest BCUT2D eigenvalue weighted by atomic mass is 10.3. The number of nitrogens with zero attached hydrogens (tertiary/aromatic N) is 2. The summed E-state index contributed by atoms with van der Waals surface area (Å²) in [7, 11) is 1.64. The Morgan fingerprint density at radius 2 is 1.57 bits per heavy atom. The van der Waals surface area contributed by atoms with Gasteiger partial charge < -0.3 is 18.8 Å². The zero-order chi connectivity index (χ0) is 19.3. The minimum Gasteiger partial charge on any atom is -0.497 e. The van der Waals surface area contributed by atoms with E-state index in [1.807, 2.05) is 54.6 Å². The Morgan fingerprint density at radius 3 is 2.21 bits per heavy atom. The van der Waals surface area contributed by atoms with Crippen LogP contribution in [0, 0.1) is 0 Å². The van der Waals surface area contributed by atoms with Crippen LogP contribution in [-0.4, -0.2) is 26.4 Å². The van der Waals surface area contributed by atoms with Crippen molar-refractivity contribution >= 4 is 33.7 Å². The van der Waals surface area contributed by atoms with Gasteiger partial charge in [0.1, 0.15) is 23.0 Å². The summed E-state index contributed by atoms with van der Waals surface area (Å²) >= 11 is 3.58. The molecule has 144 valence electrons. The third-order valence-corrected chi connectivity index (χ3v) is 5.12. The minimum atomic E-state index is 0.729. The number of ether oxygens (including phenoxy) is 2. The predicted molar refractivity (Wildman–Crippen MR) is 115 cm³/mol. The van der Waals surface area contributed by atoms with Crippen molar-refractivity contribution < 1.29 is 13.9 Å². The van der Waals surface area contributed by atoms with Crippen LogP contribution >= 0.6 is 15.9 Å². The molecule has 0 spiro atoms. The van der Waals surface area contributed by atoms with Crippen LogP contribution in [-0.2, 0) is 0 Å². The summed E-state index contributed by atoms with van der Waals surface area (Å²) in [5, 5.41) is 0. The summed E-state index contributed by atoms with van der Waals surface area (Å²) in [5.74, 6) is 3.93. The second-order valence-corrected chi connectivity index (χ2v) is 7.38. The molecule has 3 aromatic rings. The van der Waals surface area contributed by atoms with E-state index in [0.717, 1.165) is 52.1 Å². The monoisotopic (exact) mass is 440 g/mol. The summed E-state index contributed by atoms with van der Waals surface area (Å²) < 4.78 is 17.9. The van der Waals surface area contributed by atoms with Crippen molar-refractivity contribution in [3.63, 3.8) is 0 Å². The number of furan rings is 1. The highest BCUT2D eigenvalue weighted by atomic mass is 79.9. The van der Waals surface area contributed by atoms with Crippen LogP contribution < -0.4 is 14.4 Å². The van der Waals surface area contributed by atoms with Crippen LogP contribution in [0.5, 0.6) is 17.2 Å². The SMILES string of the molecule is COc1ccc(Oc2ccc(N=Cc3cc(Br)c(N4CCCC4)o3)cc2)cc1. The first-order valence-corrected chi connectivity index (χ1v) is 10.0. The molecule has 28 heavy (non-hydrogen) atoms. The average molecular weight is 441 g/mol. The Balaban J connectivity index is 1.40. The molecule has 0 N–H and O–H groups in total. The number of methoxy groups -OCH3 is 1. The van der Waals surface area contributed by atoms with E-state index in [1.54, 1.807) is 13.3 Å². The van der Waals surface area contributed by atoms with Crippen LogP contribution in [0.3, 0.4) is 0 Å². The van der Waals surface area contributed by atoms with Crippen LogP contribution in [0.1, 0.15) is 18.6 Å².